The van der Waals surface area contributed by atoms with Crippen molar-refractivity contribution in [1.29, 1.82) is 0 Å². The molecule has 2 aromatic carbocycles. The number of methoxy groups -OCH3 is 1. The van der Waals surface area contributed by atoms with Gasteiger partial charge in [0.1, 0.15) is 5.75 Å². The van der Waals surface area contributed by atoms with Crippen LogP contribution in [0.25, 0.3) is 0 Å². The van der Waals surface area contributed by atoms with Crippen LogP contribution in [0.5, 0.6) is 5.75 Å². The number of anilines is 1. The van der Waals surface area contributed by atoms with Crippen molar-refractivity contribution in [2.45, 2.75) is 33.8 Å². The number of benzene rings is 2. The number of esters is 1. The SMILES string of the molecule is COC(=O)c1cccc(NC(=O)[C@H](C)Oc2ccc(C)cc2C)c1C. The second-order valence-corrected chi connectivity index (χ2v) is 5.99. The third kappa shape index (κ3) is 4.38. The minimum Gasteiger partial charge on any atom is -0.481 e. The highest BCUT2D eigenvalue weighted by Crippen LogP contribution is 2.22. The first-order chi connectivity index (χ1) is 11.8. The highest BCUT2D eigenvalue weighted by molar-refractivity contribution is 5.98. The summed E-state index contributed by atoms with van der Waals surface area (Å²) in [6, 6.07) is 10.9. The predicted octanol–water partition coefficient (Wildman–Crippen LogP) is 3.80. The first-order valence-corrected chi connectivity index (χ1v) is 8.06. The Bertz CT molecular complexity index is 798. The quantitative estimate of drug-likeness (QED) is 0.840. The Morgan fingerprint density at radius 1 is 1.08 bits per heavy atom. The summed E-state index contributed by atoms with van der Waals surface area (Å²) in [5, 5.41) is 2.81. The van der Waals surface area contributed by atoms with Gasteiger partial charge in [0, 0.05) is 5.69 Å². The number of carbonyl (C=O) groups excluding carboxylic acids is 2. The van der Waals surface area contributed by atoms with E-state index in [0.717, 1.165) is 11.1 Å². The van der Waals surface area contributed by atoms with Gasteiger partial charge in [-0.25, -0.2) is 4.79 Å². The molecule has 5 nitrogen and oxygen atoms in total. The van der Waals surface area contributed by atoms with Gasteiger partial charge in [-0.2, -0.15) is 0 Å². The fourth-order valence-corrected chi connectivity index (χ4v) is 2.51. The van der Waals surface area contributed by atoms with E-state index in [1.54, 1.807) is 32.0 Å². The minimum atomic E-state index is -0.678. The van der Waals surface area contributed by atoms with Crippen LogP contribution >= 0.6 is 0 Å². The third-order valence-electron chi connectivity index (χ3n) is 4.00. The maximum absolute atomic E-state index is 12.4. The van der Waals surface area contributed by atoms with Crippen LogP contribution in [-0.4, -0.2) is 25.1 Å². The van der Waals surface area contributed by atoms with Crippen molar-refractivity contribution in [2.24, 2.45) is 0 Å². The molecule has 132 valence electrons. The molecule has 0 unspecified atom stereocenters. The van der Waals surface area contributed by atoms with Crippen LogP contribution in [0, 0.1) is 20.8 Å². The van der Waals surface area contributed by atoms with Crippen LogP contribution in [0.2, 0.25) is 0 Å². The van der Waals surface area contributed by atoms with Crippen molar-refractivity contribution in [2.75, 3.05) is 12.4 Å². The molecular formula is C20H23NO4. The van der Waals surface area contributed by atoms with Crippen LogP contribution in [0.15, 0.2) is 36.4 Å². The van der Waals surface area contributed by atoms with E-state index in [1.165, 1.54) is 7.11 Å². The second-order valence-electron chi connectivity index (χ2n) is 5.99. The average Bonchev–Trinajstić information content (AvgIpc) is 2.58. The van der Waals surface area contributed by atoms with Gasteiger partial charge < -0.3 is 14.8 Å². The van der Waals surface area contributed by atoms with Gasteiger partial charge in [0.15, 0.2) is 6.10 Å². The largest absolute Gasteiger partial charge is 0.481 e. The molecule has 0 fully saturated rings. The molecule has 2 aromatic rings. The topological polar surface area (TPSA) is 64.6 Å². The molecule has 0 aliphatic carbocycles. The Morgan fingerprint density at radius 3 is 2.44 bits per heavy atom. The maximum atomic E-state index is 12.4. The first kappa shape index (κ1) is 18.5. The van der Waals surface area contributed by atoms with Gasteiger partial charge in [0.05, 0.1) is 12.7 Å². The van der Waals surface area contributed by atoms with Gasteiger partial charge in [-0.15, -0.1) is 0 Å². The summed E-state index contributed by atoms with van der Waals surface area (Å²) in [6.07, 6.45) is -0.678. The number of hydrogen-bond donors (Lipinski definition) is 1. The predicted molar refractivity (Wildman–Crippen MR) is 97.2 cm³/mol. The zero-order chi connectivity index (χ0) is 18.6. The highest BCUT2D eigenvalue weighted by atomic mass is 16.5. The third-order valence-corrected chi connectivity index (χ3v) is 4.00. The van der Waals surface area contributed by atoms with Gasteiger partial charge in [-0.3, -0.25) is 4.79 Å². The Morgan fingerprint density at radius 2 is 1.80 bits per heavy atom. The summed E-state index contributed by atoms with van der Waals surface area (Å²) in [6.45, 7) is 7.40. The van der Waals surface area contributed by atoms with Crippen molar-refractivity contribution in [3.05, 3.63) is 58.7 Å². The van der Waals surface area contributed by atoms with E-state index in [2.05, 4.69) is 5.32 Å². The summed E-state index contributed by atoms with van der Waals surface area (Å²) in [5.41, 5.74) is 3.74. The van der Waals surface area contributed by atoms with E-state index in [-0.39, 0.29) is 5.91 Å². The van der Waals surface area contributed by atoms with Crippen LogP contribution in [0.4, 0.5) is 5.69 Å². The molecule has 0 saturated carbocycles. The molecule has 0 heterocycles. The zero-order valence-electron chi connectivity index (χ0n) is 15.2. The summed E-state index contributed by atoms with van der Waals surface area (Å²) >= 11 is 0. The Hall–Kier alpha value is -2.82. The van der Waals surface area contributed by atoms with Crippen LogP contribution in [0.1, 0.15) is 34.0 Å². The van der Waals surface area contributed by atoms with Crippen molar-refractivity contribution < 1.29 is 19.1 Å². The Labute approximate surface area is 148 Å². The summed E-state index contributed by atoms with van der Waals surface area (Å²) < 4.78 is 10.5. The first-order valence-electron chi connectivity index (χ1n) is 8.06. The maximum Gasteiger partial charge on any atom is 0.338 e. The number of amides is 1. The van der Waals surface area contributed by atoms with E-state index < -0.39 is 12.1 Å². The van der Waals surface area contributed by atoms with Gasteiger partial charge in [0.25, 0.3) is 5.91 Å². The number of nitrogens with one attached hydrogen (secondary N) is 1. The lowest BCUT2D eigenvalue weighted by molar-refractivity contribution is -0.122. The van der Waals surface area contributed by atoms with Gasteiger partial charge in [-0.05, 0) is 57.0 Å². The van der Waals surface area contributed by atoms with Crippen molar-refractivity contribution >= 4 is 17.6 Å². The van der Waals surface area contributed by atoms with Crippen LogP contribution < -0.4 is 10.1 Å². The fraction of sp³-hybridized carbons (Fsp3) is 0.300. The summed E-state index contributed by atoms with van der Waals surface area (Å²) in [4.78, 5) is 24.2. The molecule has 0 bridgehead atoms. The lowest BCUT2D eigenvalue weighted by Gasteiger charge is -2.18. The molecule has 0 saturated heterocycles. The molecule has 0 radical (unpaired) electrons. The lowest BCUT2D eigenvalue weighted by atomic mass is 10.1. The molecule has 1 amide bonds. The monoisotopic (exact) mass is 341 g/mol. The normalized spacial score (nSPS) is 11.6. The molecule has 2 rings (SSSR count). The van der Waals surface area contributed by atoms with Crippen molar-refractivity contribution in [3.8, 4) is 5.75 Å². The number of ether oxygens (including phenoxy) is 2. The molecule has 0 aromatic heterocycles. The van der Waals surface area contributed by atoms with Crippen LogP contribution in [0.3, 0.4) is 0 Å². The van der Waals surface area contributed by atoms with E-state index >= 15 is 0 Å². The molecule has 0 aliphatic rings. The fourth-order valence-electron chi connectivity index (χ4n) is 2.51. The molecule has 1 atom stereocenters. The molecule has 1 N–H and O–H groups in total. The molecule has 0 aliphatic heterocycles. The number of aryl methyl sites for hydroxylation is 2. The summed E-state index contributed by atoms with van der Waals surface area (Å²) in [7, 11) is 1.33. The van der Waals surface area contributed by atoms with E-state index in [1.807, 2.05) is 32.0 Å². The van der Waals surface area contributed by atoms with Crippen molar-refractivity contribution in [1.82, 2.24) is 0 Å². The Balaban J connectivity index is 2.12. The van der Waals surface area contributed by atoms with Gasteiger partial charge in [0.2, 0.25) is 0 Å². The number of carbonyl (C=O) groups is 2. The minimum absolute atomic E-state index is 0.287. The number of rotatable bonds is 5. The zero-order valence-corrected chi connectivity index (χ0v) is 15.2. The molecule has 25 heavy (non-hydrogen) atoms. The van der Waals surface area contributed by atoms with Crippen molar-refractivity contribution in [3.63, 3.8) is 0 Å². The molecular weight excluding hydrogens is 318 g/mol. The average molecular weight is 341 g/mol. The molecule has 5 heteroatoms. The standard InChI is InChI=1S/C20H23NO4/c1-12-9-10-18(13(2)11-12)25-15(4)19(22)21-17-8-6-7-16(14(17)3)20(23)24-5/h6-11,15H,1-5H3,(H,21,22)/t15-/m0/s1. The van der Waals surface area contributed by atoms with Gasteiger partial charge >= 0.3 is 5.97 Å². The van der Waals surface area contributed by atoms with E-state index in [4.69, 9.17) is 9.47 Å². The van der Waals surface area contributed by atoms with Crippen LogP contribution in [-0.2, 0) is 9.53 Å². The molecule has 0 spiro atoms. The summed E-state index contributed by atoms with van der Waals surface area (Å²) in [5.74, 6) is -0.0495. The second kappa shape index (κ2) is 7.83. The van der Waals surface area contributed by atoms with E-state index in [0.29, 0.717) is 22.6 Å². The lowest BCUT2D eigenvalue weighted by Crippen LogP contribution is -2.30. The highest BCUT2D eigenvalue weighted by Gasteiger charge is 2.18. The smallest absolute Gasteiger partial charge is 0.338 e. The number of hydrogen-bond acceptors (Lipinski definition) is 4. The van der Waals surface area contributed by atoms with Gasteiger partial charge in [-0.1, -0.05) is 23.8 Å². The van der Waals surface area contributed by atoms with E-state index in [9.17, 15) is 9.59 Å². The Kier molecular flexibility index (Phi) is 5.80.